The molecule has 0 aromatic carbocycles. The van der Waals surface area contributed by atoms with Crippen LogP contribution in [-0.2, 0) is 14.4 Å². The molecule has 1 saturated heterocycles. The smallest absolute Gasteiger partial charge is 0.233 e. The molecule has 1 rings (SSSR count). The second-order valence-electron chi connectivity index (χ2n) is 4.36. The first kappa shape index (κ1) is 12.7. The minimum Gasteiger partial charge on any atom is -0.359 e. The monoisotopic (exact) mass is 226 g/mol. The van der Waals surface area contributed by atoms with Crippen LogP contribution >= 0.6 is 0 Å². The van der Waals surface area contributed by atoms with E-state index in [1.54, 1.807) is 0 Å². The summed E-state index contributed by atoms with van der Waals surface area (Å²) in [5.74, 6) is -0.497. The van der Waals surface area contributed by atoms with Crippen LogP contribution in [-0.4, -0.2) is 36.2 Å². The molecule has 3 amide bonds. The first-order valence-electron chi connectivity index (χ1n) is 5.52. The van der Waals surface area contributed by atoms with Crippen molar-refractivity contribution in [3.63, 3.8) is 0 Å². The topological polar surface area (TPSA) is 66.5 Å². The third kappa shape index (κ3) is 2.59. The van der Waals surface area contributed by atoms with E-state index in [0.29, 0.717) is 0 Å². The molecule has 1 unspecified atom stereocenters. The Morgan fingerprint density at radius 3 is 2.56 bits per heavy atom. The lowest BCUT2D eigenvalue weighted by Crippen LogP contribution is -2.35. The maximum Gasteiger partial charge on any atom is 0.233 e. The Morgan fingerprint density at radius 1 is 1.50 bits per heavy atom. The van der Waals surface area contributed by atoms with Gasteiger partial charge in [-0.3, -0.25) is 19.3 Å². The van der Waals surface area contributed by atoms with E-state index >= 15 is 0 Å². The summed E-state index contributed by atoms with van der Waals surface area (Å²) < 4.78 is 0. The molecule has 1 aliphatic rings. The van der Waals surface area contributed by atoms with Crippen molar-refractivity contribution < 1.29 is 14.4 Å². The first-order valence-corrected chi connectivity index (χ1v) is 5.52. The Bertz CT molecular complexity index is 312. The van der Waals surface area contributed by atoms with E-state index in [9.17, 15) is 14.4 Å². The number of hydrogen-bond donors (Lipinski definition) is 1. The zero-order valence-corrected chi connectivity index (χ0v) is 9.95. The Kier molecular flexibility index (Phi) is 4.04. The predicted molar refractivity (Wildman–Crippen MR) is 58.3 cm³/mol. The molecule has 5 nitrogen and oxygen atoms in total. The predicted octanol–water partition coefficient (Wildman–Crippen LogP) is 0.154. The molecule has 0 aromatic rings. The summed E-state index contributed by atoms with van der Waals surface area (Å²) in [7, 11) is 1.53. The molecule has 1 aliphatic heterocycles. The van der Waals surface area contributed by atoms with Gasteiger partial charge in [0, 0.05) is 32.4 Å². The second kappa shape index (κ2) is 5.09. The molecule has 0 aromatic heterocycles. The highest BCUT2D eigenvalue weighted by molar-refractivity contribution is 6.03. The van der Waals surface area contributed by atoms with Crippen LogP contribution in [0.25, 0.3) is 0 Å². The molecule has 0 spiro atoms. The van der Waals surface area contributed by atoms with Crippen molar-refractivity contribution in [2.24, 2.45) is 11.8 Å². The van der Waals surface area contributed by atoms with Gasteiger partial charge in [-0.2, -0.15) is 0 Å². The van der Waals surface area contributed by atoms with Gasteiger partial charge in [-0.25, -0.2) is 0 Å². The maximum absolute atomic E-state index is 11.8. The Balaban J connectivity index is 2.58. The first-order chi connectivity index (χ1) is 7.47. The van der Waals surface area contributed by atoms with E-state index < -0.39 is 0 Å². The van der Waals surface area contributed by atoms with Gasteiger partial charge < -0.3 is 5.32 Å². The van der Waals surface area contributed by atoms with Crippen LogP contribution in [0.15, 0.2) is 0 Å². The van der Waals surface area contributed by atoms with E-state index in [2.05, 4.69) is 5.32 Å². The highest BCUT2D eigenvalue weighted by Gasteiger charge is 2.39. The largest absolute Gasteiger partial charge is 0.359 e. The molecule has 1 N–H and O–H groups in total. The van der Waals surface area contributed by atoms with Gasteiger partial charge in [0.15, 0.2) is 0 Å². The van der Waals surface area contributed by atoms with Gasteiger partial charge in [0.1, 0.15) is 0 Å². The van der Waals surface area contributed by atoms with Gasteiger partial charge in [0.05, 0.1) is 0 Å². The van der Waals surface area contributed by atoms with Crippen LogP contribution in [0.4, 0.5) is 0 Å². The summed E-state index contributed by atoms with van der Waals surface area (Å²) in [4.78, 5) is 35.7. The van der Waals surface area contributed by atoms with Gasteiger partial charge in [-0.15, -0.1) is 0 Å². The van der Waals surface area contributed by atoms with Gasteiger partial charge in [-0.1, -0.05) is 13.8 Å². The van der Waals surface area contributed by atoms with Crippen LogP contribution in [0.5, 0.6) is 0 Å². The Labute approximate surface area is 95.2 Å². The normalized spacial score (nSPS) is 20.8. The van der Waals surface area contributed by atoms with Crippen LogP contribution in [0.2, 0.25) is 0 Å². The molecule has 1 heterocycles. The number of nitrogens with one attached hydrogen (secondary N) is 1. The summed E-state index contributed by atoms with van der Waals surface area (Å²) >= 11 is 0. The summed E-state index contributed by atoms with van der Waals surface area (Å²) in [6.07, 6.45) is 0.461. The van der Waals surface area contributed by atoms with Crippen molar-refractivity contribution in [1.29, 1.82) is 0 Å². The number of carbonyl (C=O) groups excluding carboxylic acids is 3. The standard InChI is InChI=1S/C11H18N2O3/c1-7(2)8-6-10(15)13(11(8)16)5-4-9(14)12-3/h7-8H,4-6H2,1-3H3,(H,12,14). The summed E-state index contributed by atoms with van der Waals surface area (Å²) in [5.41, 5.74) is 0. The van der Waals surface area contributed by atoms with Crippen molar-refractivity contribution in [2.75, 3.05) is 13.6 Å². The third-order valence-corrected chi connectivity index (χ3v) is 2.92. The Morgan fingerprint density at radius 2 is 2.12 bits per heavy atom. The van der Waals surface area contributed by atoms with Crippen molar-refractivity contribution in [3.05, 3.63) is 0 Å². The fraction of sp³-hybridized carbons (Fsp3) is 0.727. The van der Waals surface area contributed by atoms with E-state index in [4.69, 9.17) is 0 Å². The van der Waals surface area contributed by atoms with Crippen molar-refractivity contribution >= 4 is 17.7 Å². The molecule has 0 bridgehead atoms. The maximum atomic E-state index is 11.8. The number of hydrogen-bond acceptors (Lipinski definition) is 3. The fourth-order valence-electron chi connectivity index (χ4n) is 1.80. The van der Waals surface area contributed by atoms with Crippen molar-refractivity contribution in [2.45, 2.75) is 26.7 Å². The zero-order valence-electron chi connectivity index (χ0n) is 9.95. The van der Waals surface area contributed by atoms with Crippen LogP contribution in [0.3, 0.4) is 0 Å². The van der Waals surface area contributed by atoms with Gasteiger partial charge >= 0.3 is 0 Å². The average Bonchev–Trinajstić information content (AvgIpc) is 2.51. The van der Waals surface area contributed by atoms with Crippen LogP contribution in [0.1, 0.15) is 26.7 Å². The molecule has 1 atom stereocenters. The van der Waals surface area contributed by atoms with E-state index in [0.717, 1.165) is 0 Å². The molecule has 0 radical (unpaired) electrons. The average molecular weight is 226 g/mol. The van der Waals surface area contributed by atoms with Crippen molar-refractivity contribution in [3.8, 4) is 0 Å². The molecule has 0 aliphatic carbocycles. The number of nitrogens with zero attached hydrogens (tertiary/aromatic N) is 1. The van der Waals surface area contributed by atoms with Crippen LogP contribution < -0.4 is 5.32 Å². The lowest BCUT2D eigenvalue weighted by atomic mass is 9.94. The number of imide groups is 1. The molecule has 1 fully saturated rings. The van der Waals surface area contributed by atoms with Crippen molar-refractivity contribution in [1.82, 2.24) is 10.2 Å². The summed E-state index contributed by atoms with van der Waals surface area (Å²) in [6.45, 7) is 4.05. The molecule has 16 heavy (non-hydrogen) atoms. The summed E-state index contributed by atoms with van der Waals surface area (Å²) in [5, 5.41) is 2.46. The van der Waals surface area contributed by atoms with Gasteiger partial charge in [0.2, 0.25) is 17.7 Å². The number of amides is 3. The minimum atomic E-state index is -0.211. The third-order valence-electron chi connectivity index (χ3n) is 2.92. The molecule has 0 saturated carbocycles. The summed E-state index contributed by atoms with van der Waals surface area (Å²) in [6, 6.07) is 0. The van der Waals surface area contributed by atoms with Crippen LogP contribution in [0, 0.1) is 11.8 Å². The minimum absolute atomic E-state index is 0.135. The van der Waals surface area contributed by atoms with Gasteiger partial charge in [0.25, 0.3) is 0 Å². The molecular formula is C11H18N2O3. The molecule has 90 valence electrons. The Hall–Kier alpha value is -1.39. The molecule has 5 heteroatoms. The van der Waals surface area contributed by atoms with E-state index in [-0.39, 0.29) is 48.9 Å². The van der Waals surface area contributed by atoms with E-state index in [1.807, 2.05) is 13.8 Å². The number of rotatable bonds is 4. The van der Waals surface area contributed by atoms with E-state index in [1.165, 1.54) is 11.9 Å². The fourth-order valence-corrected chi connectivity index (χ4v) is 1.80. The zero-order chi connectivity index (χ0) is 12.3. The lowest BCUT2D eigenvalue weighted by molar-refractivity contribution is -0.140. The lowest BCUT2D eigenvalue weighted by Gasteiger charge is -2.15. The number of carbonyl (C=O) groups is 3. The van der Waals surface area contributed by atoms with Gasteiger partial charge in [-0.05, 0) is 5.92 Å². The highest BCUT2D eigenvalue weighted by Crippen LogP contribution is 2.26. The quantitative estimate of drug-likeness (QED) is 0.694. The highest BCUT2D eigenvalue weighted by atomic mass is 16.2. The second-order valence-corrected chi connectivity index (χ2v) is 4.36. The SMILES string of the molecule is CNC(=O)CCN1C(=O)CC(C(C)C)C1=O. The molecular weight excluding hydrogens is 208 g/mol. The number of likely N-dealkylation sites (tertiary alicyclic amines) is 1.